The number of hydrogen-bond donors (Lipinski definition) is 0. The van der Waals surface area contributed by atoms with Crippen LogP contribution in [0.15, 0.2) is 72.9 Å². The molecular weight excluding hydrogens is 224 g/mol. The standard InChI is InChI=1S/C16H18O2/c17-15-13-11-9-7-5-3-1-2-4-6-8-10-12-14-16-18/h1-11,13,15-16H,12,14H2/b2-1+,5-3+,6-4+,9-7+,10-8+,13-11+. The van der Waals surface area contributed by atoms with Gasteiger partial charge in [-0.2, -0.15) is 0 Å². The second-order valence-electron chi connectivity index (χ2n) is 3.23. The lowest BCUT2D eigenvalue weighted by molar-refractivity contribution is -0.107. The zero-order valence-corrected chi connectivity index (χ0v) is 10.3. The Kier molecular flexibility index (Phi) is 13.0. The summed E-state index contributed by atoms with van der Waals surface area (Å²) in [5, 5.41) is 0. The highest BCUT2D eigenvalue weighted by Gasteiger charge is 1.74. The molecule has 0 aliphatic carbocycles. The van der Waals surface area contributed by atoms with Crippen molar-refractivity contribution in [2.45, 2.75) is 12.8 Å². The summed E-state index contributed by atoms with van der Waals surface area (Å²) < 4.78 is 0. The van der Waals surface area contributed by atoms with E-state index >= 15 is 0 Å². The van der Waals surface area contributed by atoms with Gasteiger partial charge in [0.2, 0.25) is 0 Å². The SMILES string of the molecule is O=C/C=C/C=C/C=C/C=C/C=C/C=C/CCC=O. The van der Waals surface area contributed by atoms with E-state index in [9.17, 15) is 9.59 Å². The van der Waals surface area contributed by atoms with Gasteiger partial charge in [0.05, 0.1) is 0 Å². The third-order valence-corrected chi connectivity index (χ3v) is 1.78. The third kappa shape index (κ3) is 13.8. The van der Waals surface area contributed by atoms with Gasteiger partial charge in [-0.1, -0.05) is 66.8 Å². The fourth-order valence-electron chi connectivity index (χ4n) is 0.962. The first-order valence-electron chi connectivity index (χ1n) is 5.79. The number of hydrogen-bond acceptors (Lipinski definition) is 2. The Morgan fingerprint density at radius 3 is 1.39 bits per heavy atom. The van der Waals surface area contributed by atoms with Crippen molar-refractivity contribution in [2.24, 2.45) is 0 Å². The summed E-state index contributed by atoms with van der Waals surface area (Å²) in [4.78, 5) is 20.0. The molecule has 0 aromatic heterocycles. The number of rotatable bonds is 9. The molecule has 0 aliphatic heterocycles. The van der Waals surface area contributed by atoms with Crippen LogP contribution in [0.3, 0.4) is 0 Å². The zero-order valence-electron chi connectivity index (χ0n) is 10.3. The Hall–Kier alpha value is -2.22. The predicted molar refractivity (Wildman–Crippen MR) is 76.2 cm³/mol. The van der Waals surface area contributed by atoms with Crippen LogP contribution in [0.5, 0.6) is 0 Å². The zero-order chi connectivity index (χ0) is 13.3. The fourth-order valence-corrected chi connectivity index (χ4v) is 0.962. The topological polar surface area (TPSA) is 34.1 Å². The summed E-state index contributed by atoms with van der Waals surface area (Å²) in [6.45, 7) is 0. The van der Waals surface area contributed by atoms with E-state index in [-0.39, 0.29) is 0 Å². The van der Waals surface area contributed by atoms with Crippen LogP contribution in [-0.4, -0.2) is 12.6 Å². The van der Waals surface area contributed by atoms with Gasteiger partial charge in [0, 0.05) is 6.42 Å². The summed E-state index contributed by atoms with van der Waals surface area (Å²) in [5.74, 6) is 0. The number of aldehydes is 2. The molecule has 0 N–H and O–H groups in total. The Labute approximate surface area is 108 Å². The average molecular weight is 242 g/mol. The van der Waals surface area contributed by atoms with Gasteiger partial charge in [0.15, 0.2) is 0 Å². The van der Waals surface area contributed by atoms with Crippen molar-refractivity contribution in [1.29, 1.82) is 0 Å². The maximum absolute atomic E-state index is 10.0. The van der Waals surface area contributed by atoms with E-state index in [1.54, 1.807) is 12.2 Å². The van der Waals surface area contributed by atoms with Gasteiger partial charge in [0.1, 0.15) is 12.6 Å². The van der Waals surface area contributed by atoms with Crippen molar-refractivity contribution in [3.63, 3.8) is 0 Å². The smallest absolute Gasteiger partial charge is 0.142 e. The Morgan fingerprint density at radius 1 is 0.500 bits per heavy atom. The molecule has 2 nitrogen and oxygen atoms in total. The molecule has 0 spiro atoms. The van der Waals surface area contributed by atoms with Crippen LogP contribution in [-0.2, 0) is 9.59 Å². The summed E-state index contributed by atoms with van der Waals surface area (Å²) in [6, 6.07) is 0. The lowest BCUT2D eigenvalue weighted by Gasteiger charge is -1.79. The van der Waals surface area contributed by atoms with Crippen LogP contribution in [0.4, 0.5) is 0 Å². The molecule has 0 saturated heterocycles. The molecule has 0 saturated carbocycles. The minimum absolute atomic E-state index is 0.577. The largest absolute Gasteiger partial charge is 0.303 e. The Morgan fingerprint density at radius 2 is 0.944 bits per heavy atom. The van der Waals surface area contributed by atoms with Crippen LogP contribution in [0.25, 0.3) is 0 Å². The van der Waals surface area contributed by atoms with Crippen LogP contribution in [0.1, 0.15) is 12.8 Å². The van der Waals surface area contributed by atoms with E-state index in [1.807, 2.05) is 54.7 Å². The monoisotopic (exact) mass is 242 g/mol. The molecule has 2 heteroatoms. The number of carbonyl (C=O) groups is 2. The van der Waals surface area contributed by atoms with Crippen LogP contribution in [0.2, 0.25) is 0 Å². The van der Waals surface area contributed by atoms with E-state index in [0.717, 1.165) is 19.0 Å². The summed E-state index contributed by atoms with van der Waals surface area (Å²) in [7, 11) is 0. The molecule has 0 aliphatic rings. The van der Waals surface area contributed by atoms with Crippen LogP contribution >= 0.6 is 0 Å². The van der Waals surface area contributed by atoms with E-state index < -0.39 is 0 Å². The normalized spacial score (nSPS) is 13.1. The third-order valence-electron chi connectivity index (χ3n) is 1.78. The van der Waals surface area contributed by atoms with E-state index in [0.29, 0.717) is 6.42 Å². The van der Waals surface area contributed by atoms with E-state index in [1.165, 1.54) is 6.08 Å². The highest BCUT2D eigenvalue weighted by molar-refractivity contribution is 5.65. The van der Waals surface area contributed by atoms with Gasteiger partial charge >= 0.3 is 0 Å². The lowest BCUT2D eigenvalue weighted by atomic mass is 10.3. The van der Waals surface area contributed by atoms with Crippen molar-refractivity contribution in [2.75, 3.05) is 0 Å². The van der Waals surface area contributed by atoms with Gasteiger partial charge in [-0.25, -0.2) is 0 Å². The molecule has 0 heterocycles. The van der Waals surface area contributed by atoms with Gasteiger partial charge in [-0.15, -0.1) is 0 Å². The molecule has 18 heavy (non-hydrogen) atoms. The maximum Gasteiger partial charge on any atom is 0.142 e. The molecule has 0 radical (unpaired) electrons. The van der Waals surface area contributed by atoms with Gasteiger partial charge in [-0.05, 0) is 12.5 Å². The first-order valence-corrected chi connectivity index (χ1v) is 5.79. The van der Waals surface area contributed by atoms with Crippen molar-refractivity contribution < 1.29 is 9.59 Å². The molecule has 0 unspecified atom stereocenters. The fraction of sp³-hybridized carbons (Fsp3) is 0.125. The summed E-state index contributed by atoms with van der Waals surface area (Å²) >= 11 is 0. The van der Waals surface area contributed by atoms with Crippen LogP contribution in [0, 0.1) is 0 Å². The van der Waals surface area contributed by atoms with E-state index in [4.69, 9.17) is 0 Å². The van der Waals surface area contributed by atoms with Gasteiger partial charge in [0.25, 0.3) is 0 Å². The van der Waals surface area contributed by atoms with Crippen molar-refractivity contribution in [3.8, 4) is 0 Å². The molecule has 0 bridgehead atoms. The first-order chi connectivity index (χ1) is 8.91. The second-order valence-corrected chi connectivity index (χ2v) is 3.23. The minimum atomic E-state index is 0.577. The summed E-state index contributed by atoms with van der Waals surface area (Å²) in [6.07, 6.45) is 25.0. The Balaban J connectivity index is 3.72. The molecule has 0 fully saturated rings. The van der Waals surface area contributed by atoms with Crippen molar-refractivity contribution >= 4 is 12.6 Å². The molecule has 0 aromatic rings. The minimum Gasteiger partial charge on any atom is -0.303 e. The van der Waals surface area contributed by atoms with Crippen molar-refractivity contribution in [1.82, 2.24) is 0 Å². The first kappa shape index (κ1) is 15.8. The number of unbranched alkanes of at least 4 members (excludes halogenated alkanes) is 1. The molecule has 94 valence electrons. The van der Waals surface area contributed by atoms with Crippen molar-refractivity contribution in [3.05, 3.63) is 72.9 Å². The highest BCUT2D eigenvalue weighted by Crippen LogP contribution is 1.88. The summed E-state index contributed by atoms with van der Waals surface area (Å²) in [5.41, 5.74) is 0. The number of allylic oxidation sites excluding steroid dienone is 12. The Bertz CT molecular complexity index is 380. The molecule has 0 atom stereocenters. The lowest BCUT2D eigenvalue weighted by Crippen LogP contribution is -1.68. The average Bonchev–Trinajstić information content (AvgIpc) is 2.39. The van der Waals surface area contributed by atoms with Crippen LogP contribution < -0.4 is 0 Å². The molecule has 0 amide bonds. The quantitative estimate of drug-likeness (QED) is 0.268. The molecular formula is C16H18O2. The van der Waals surface area contributed by atoms with Gasteiger partial charge < -0.3 is 4.79 Å². The predicted octanol–water partition coefficient (Wildman–Crippen LogP) is 3.50. The van der Waals surface area contributed by atoms with E-state index in [2.05, 4.69) is 0 Å². The maximum atomic E-state index is 10.0. The molecule has 0 rings (SSSR count). The second kappa shape index (κ2) is 14.8. The van der Waals surface area contributed by atoms with Gasteiger partial charge in [-0.3, -0.25) is 4.79 Å². The highest BCUT2D eigenvalue weighted by atomic mass is 16.1. The molecule has 0 aromatic carbocycles. The number of carbonyl (C=O) groups excluding carboxylic acids is 2.